The number of carbonyl (C=O) groups excluding carboxylic acids is 2. The summed E-state index contributed by atoms with van der Waals surface area (Å²) in [6.45, 7) is 8.45. The lowest BCUT2D eigenvalue weighted by Gasteiger charge is -2.31. The lowest BCUT2D eigenvalue weighted by Crippen LogP contribution is -2.43. The Morgan fingerprint density at radius 2 is 1.93 bits per heavy atom. The zero-order valence-electron chi connectivity index (χ0n) is 17.4. The van der Waals surface area contributed by atoms with Crippen LogP contribution in [0.1, 0.15) is 49.5 Å². The van der Waals surface area contributed by atoms with Gasteiger partial charge in [0, 0.05) is 32.1 Å². The number of aromatic nitrogens is 1. The van der Waals surface area contributed by atoms with Gasteiger partial charge in [-0.05, 0) is 76.2 Å². The van der Waals surface area contributed by atoms with Gasteiger partial charge in [-0.2, -0.15) is 0 Å². The van der Waals surface area contributed by atoms with E-state index in [1.165, 1.54) is 30.6 Å². The number of nitrogens with one attached hydrogen (secondary N) is 1. The van der Waals surface area contributed by atoms with E-state index in [0.717, 1.165) is 50.1 Å². The normalized spacial score (nSPS) is 18.6. The fraction of sp³-hybridized carbons (Fsp3) is 0.636. The Bertz CT molecular complexity index is 844. The minimum atomic E-state index is 0.0345. The molecular weight excluding hydrogens is 384 g/mol. The first-order chi connectivity index (χ1) is 14.2. The number of piperidine rings is 1. The third kappa shape index (κ3) is 4.51. The first-order valence-electron chi connectivity index (χ1n) is 11.0. The summed E-state index contributed by atoms with van der Waals surface area (Å²) in [5.74, 6) is 0.294. The molecule has 0 saturated carbocycles. The number of hydrogen-bond donors (Lipinski definition) is 1. The van der Waals surface area contributed by atoms with Crippen LogP contribution in [0, 0.1) is 5.92 Å². The summed E-state index contributed by atoms with van der Waals surface area (Å²) in [6.07, 6.45) is 5.15. The van der Waals surface area contributed by atoms with E-state index in [0.29, 0.717) is 13.1 Å². The van der Waals surface area contributed by atoms with Gasteiger partial charge in [0.1, 0.15) is 5.69 Å². The molecule has 6 nitrogen and oxygen atoms in total. The van der Waals surface area contributed by atoms with Gasteiger partial charge in [-0.15, -0.1) is 11.3 Å². The van der Waals surface area contributed by atoms with Crippen LogP contribution in [0.15, 0.2) is 17.5 Å². The highest BCUT2D eigenvalue weighted by molar-refractivity contribution is 7.17. The summed E-state index contributed by atoms with van der Waals surface area (Å²) in [6, 6.07) is 4.10. The molecular formula is C22H32N4O2S. The molecule has 158 valence electrons. The van der Waals surface area contributed by atoms with Crippen LogP contribution in [0.2, 0.25) is 0 Å². The maximum absolute atomic E-state index is 13.1. The van der Waals surface area contributed by atoms with Crippen LogP contribution in [0.4, 0.5) is 0 Å². The second-order valence-electron chi connectivity index (χ2n) is 8.20. The Morgan fingerprint density at radius 1 is 1.17 bits per heavy atom. The maximum atomic E-state index is 13.1. The van der Waals surface area contributed by atoms with E-state index in [2.05, 4.69) is 33.2 Å². The SMILES string of the molecule is CCn1c(C(=O)N2CCC(C(=O)NCCCN3CCCC3)CC2)cc2sccc21. The van der Waals surface area contributed by atoms with E-state index < -0.39 is 0 Å². The quantitative estimate of drug-likeness (QED) is 0.706. The monoisotopic (exact) mass is 416 g/mol. The molecule has 2 amide bonds. The van der Waals surface area contributed by atoms with Gasteiger partial charge >= 0.3 is 0 Å². The summed E-state index contributed by atoms with van der Waals surface area (Å²) in [5.41, 5.74) is 1.92. The number of likely N-dealkylation sites (tertiary alicyclic amines) is 2. The lowest BCUT2D eigenvalue weighted by molar-refractivity contribution is -0.126. The molecule has 1 N–H and O–H groups in total. The summed E-state index contributed by atoms with van der Waals surface area (Å²) in [5, 5.41) is 5.18. The predicted molar refractivity (Wildman–Crippen MR) is 117 cm³/mol. The molecule has 2 aromatic heterocycles. The fourth-order valence-electron chi connectivity index (χ4n) is 4.67. The van der Waals surface area contributed by atoms with Gasteiger partial charge in [0.2, 0.25) is 5.91 Å². The van der Waals surface area contributed by atoms with E-state index in [1.54, 1.807) is 11.3 Å². The average Bonchev–Trinajstić information content (AvgIpc) is 3.48. The zero-order valence-corrected chi connectivity index (χ0v) is 18.2. The van der Waals surface area contributed by atoms with Crippen molar-refractivity contribution in [3.63, 3.8) is 0 Å². The Kier molecular flexibility index (Phi) is 6.55. The lowest BCUT2D eigenvalue weighted by atomic mass is 9.95. The molecule has 4 rings (SSSR count). The van der Waals surface area contributed by atoms with Gasteiger partial charge in [0.15, 0.2) is 0 Å². The summed E-state index contributed by atoms with van der Waals surface area (Å²) in [7, 11) is 0. The van der Waals surface area contributed by atoms with Crippen molar-refractivity contribution in [2.75, 3.05) is 39.3 Å². The number of aryl methyl sites for hydroxylation is 1. The first-order valence-corrected chi connectivity index (χ1v) is 11.9. The van der Waals surface area contributed by atoms with Gasteiger partial charge in [0.05, 0.1) is 10.2 Å². The van der Waals surface area contributed by atoms with Crippen LogP contribution in [0.5, 0.6) is 0 Å². The Hall–Kier alpha value is -1.86. The second kappa shape index (κ2) is 9.30. The molecule has 29 heavy (non-hydrogen) atoms. The van der Waals surface area contributed by atoms with E-state index in [4.69, 9.17) is 0 Å². The third-order valence-electron chi connectivity index (χ3n) is 6.36. The highest BCUT2D eigenvalue weighted by Gasteiger charge is 2.29. The van der Waals surface area contributed by atoms with E-state index in [9.17, 15) is 9.59 Å². The summed E-state index contributed by atoms with van der Waals surface area (Å²) >= 11 is 1.68. The molecule has 0 radical (unpaired) electrons. The average molecular weight is 417 g/mol. The molecule has 2 aliphatic rings. The minimum absolute atomic E-state index is 0.0345. The Morgan fingerprint density at radius 3 is 2.66 bits per heavy atom. The van der Waals surface area contributed by atoms with Crippen LogP contribution < -0.4 is 5.32 Å². The number of rotatable bonds is 7. The van der Waals surface area contributed by atoms with Gasteiger partial charge in [-0.1, -0.05) is 0 Å². The number of fused-ring (bicyclic) bond motifs is 1. The molecule has 0 aromatic carbocycles. The maximum Gasteiger partial charge on any atom is 0.270 e. The fourth-order valence-corrected chi connectivity index (χ4v) is 5.49. The highest BCUT2D eigenvalue weighted by Crippen LogP contribution is 2.27. The molecule has 2 saturated heterocycles. The van der Waals surface area contributed by atoms with Crippen molar-refractivity contribution in [1.82, 2.24) is 19.7 Å². The van der Waals surface area contributed by atoms with Crippen molar-refractivity contribution < 1.29 is 9.59 Å². The minimum Gasteiger partial charge on any atom is -0.356 e. The van der Waals surface area contributed by atoms with Gasteiger partial charge < -0.3 is 19.7 Å². The molecule has 2 aromatic rings. The van der Waals surface area contributed by atoms with Crippen molar-refractivity contribution in [1.29, 1.82) is 0 Å². The van der Waals surface area contributed by atoms with Crippen molar-refractivity contribution in [3.05, 3.63) is 23.2 Å². The third-order valence-corrected chi connectivity index (χ3v) is 7.21. The molecule has 0 aliphatic carbocycles. The van der Waals surface area contributed by atoms with Crippen LogP contribution >= 0.6 is 11.3 Å². The van der Waals surface area contributed by atoms with Crippen molar-refractivity contribution in [3.8, 4) is 0 Å². The summed E-state index contributed by atoms with van der Waals surface area (Å²) < 4.78 is 3.27. The molecule has 2 fully saturated rings. The molecule has 0 unspecified atom stereocenters. The molecule has 0 bridgehead atoms. The number of amides is 2. The van der Waals surface area contributed by atoms with E-state index in [1.807, 2.05) is 11.0 Å². The smallest absolute Gasteiger partial charge is 0.270 e. The number of thiophene rings is 1. The van der Waals surface area contributed by atoms with Crippen LogP contribution in [0.3, 0.4) is 0 Å². The summed E-state index contributed by atoms with van der Waals surface area (Å²) in [4.78, 5) is 30.0. The van der Waals surface area contributed by atoms with E-state index in [-0.39, 0.29) is 17.7 Å². The van der Waals surface area contributed by atoms with Crippen molar-refractivity contribution >= 4 is 33.4 Å². The second-order valence-corrected chi connectivity index (χ2v) is 9.15. The first kappa shape index (κ1) is 20.4. The molecule has 0 atom stereocenters. The standard InChI is InChI=1S/C22H32N4O2S/c1-2-26-18-8-15-29-20(18)16-19(26)22(28)25-13-6-17(7-14-25)21(27)23-9-5-12-24-10-3-4-11-24/h8,15-17H,2-7,9-14H2,1H3,(H,23,27). The topological polar surface area (TPSA) is 57.6 Å². The molecule has 4 heterocycles. The highest BCUT2D eigenvalue weighted by atomic mass is 32.1. The van der Waals surface area contributed by atoms with Crippen molar-refractivity contribution in [2.45, 2.75) is 45.6 Å². The Labute approximate surface area is 176 Å². The number of carbonyl (C=O) groups is 2. The van der Waals surface area contributed by atoms with Crippen molar-refractivity contribution in [2.24, 2.45) is 5.92 Å². The van der Waals surface area contributed by atoms with Crippen LogP contribution in [0.25, 0.3) is 10.2 Å². The predicted octanol–water partition coefficient (Wildman–Crippen LogP) is 3.18. The number of nitrogens with zero attached hydrogens (tertiary/aromatic N) is 3. The number of hydrogen-bond acceptors (Lipinski definition) is 4. The largest absolute Gasteiger partial charge is 0.356 e. The van der Waals surface area contributed by atoms with Gasteiger partial charge in [0.25, 0.3) is 5.91 Å². The molecule has 7 heteroatoms. The van der Waals surface area contributed by atoms with Crippen LogP contribution in [-0.2, 0) is 11.3 Å². The molecule has 0 spiro atoms. The van der Waals surface area contributed by atoms with Gasteiger partial charge in [-0.25, -0.2) is 0 Å². The van der Waals surface area contributed by atoms with Gasteiger partial charge in [-0.3, -0.25) is 9.59 Å². The zero-order chi connectivity index (χ0) is 20.2. The Balaban J connectivity index is 1.24. The van der Waals surface area contributed by atoms with Crippen LogP contribution in [-0.4, -0.2) is 65.4 Å². The van der Waals surface area contributed by atoms with E-state index >= 15 is 0 Å². The molecule has 2 aliphatic heterocycles.